The second kappa shape index (κ2) is 5.93. The van der Waals surface area contributed by atoms with E-state index in [-0.39, 0.29) is 5.82 Å². The molecule has 2 aromatic rings. The maximum atomic E-state index is 13.9. The van der Waals surface area contributed by atoms with Crippen molar-refractivity contribution < 1.29 is 9.50 Å². The summed E-state index contributed by atoms with van der Waals surface area (Å²) < 4.78 is 13.9. The van der Waals surface area contributed by atoms with Crippen molar-refractivity contribution in [1.82, 2.24) is 4.90 Å². The molecule has 2 aliphatic rings. The second-order valence-electron chi connectivity index (χ2n) is 8.12. The largest absolute Gasteiger partial charge is 0.381 e. The number of aliphatic hydroxyl groups is 1. The highest BCUT2D eigenvalue weighted by Gasteiger charge is 2.41. The second-order valence-corrected chi connectivity index (χ2v) is 8.12. The fourth-order valence-electron chi connectivity index (χ4n) is 5.02. The number of nitrogens with zero attached hydrogens (tertiary/aromatic N) is 1. The summed E-state index contributed by atoms with van der Waals surface area (Å²) in [7, 11) is 4.23. The van der Waals surface area contributed by atoms with Gasteiger partial charge in [-0.25, -0.2) is 4.39 Å². The Hall–Kier alpha value is -1.71. The summed E-state index contributed by atoms with van der Waals surface area (Å²) in [6, 6.07) is 11.2. The maximum absolute atomic E-state index is 13.9. The van der Waals surface area contributed by atoms with E-state index < -0.39 is 5.60 Å². The first-order chi connectivity index (χ1) is 11.9. The quantitative estimate of drug-likeness (QED) is 0.898. The van der Waals surface area contributed by atoms with Crippen LogP contribution in [0.3, 0.4) is 0 Å². The molecule has 4 rings (SSSR count). The van der Waals surface area contributed by atoms with Gasteiger partial charge in [0, 0.05) is 6.54 Å². The third-order valence-electron chi connectivity index (χ3n) is 6.08. The van der Waals surface area contributed by atoms with Crippen LogP contribution in [0, 0.1) is 11.7 Å². The Morgan fingerprint density at radius 2 is 1.96 bits per heavy atom. The predicted molar refractivity (Wildman–Crippen MR) is 98.3 cm³/mol. The standard InChI is InChI=1S/C22H26FNO/c1-22(25)19-10-9-17(23)11-16(19)12-18-15(13-24(2)3)8-7-14-5-4-6-20(22)21(14)18/h4-6,9-11,15,18,25H,7-8,12-13H2,1-3H3. The van der Waals surface area contributed by atoms with Crippen LogP contribution in [0.2, 0.25) is 0 Å². The minimum atomic E-state index is -1.08. The number of aryl methyl sites for hydroxylation is 1. The van der Waals surface area contributed by atoms with Gasteiger partial charge in [-0.2, -0.15) is 0 Å². The lowest BCUT2D eigenvalue weighted by Crippen LogP contribution is -2.32. The van der Waals surface area contributed by atoms with E-state index in [1.807, 2.05) is 6.92 Å². The minimum Gasteiger partial charge on any atom is -0.381 e. The molecule has 3 atom stereocenters. The van der Waals surface area contributed by atoms with Crippen LogP contribution in [0.1, 0.15) is 47.1 Å². The van der Waals surface area contributed by atoms with E-state index in [0.29, 0.717) is 11.8 Å². The van der Waals surface area contributed by atoms with Crippen LogP contribution >= 0.6 is 0 Å². The molecule has 0 saturated carbocycles. The fourth-order valence-corrected chi connectivity index (χ4v) is 5.02. The van der Waals surface area contributed by atoms with Gasteiger partial charge in [-0.15, -0.1) is 0 Å². The molecule has 0 radical (unpaired) electrons. The van der Waals surface area contributed by atoms with E-state index in [2.05, 4.69) is 37.2 Å². The summed E-state index contributed by atoms with van der Waals surface area (Å²) in [5.74, 6) is 0.631. The van der Waals surface area contributed by atoms with Gasteiger partial charge in [-0.3, -0.25) is 0 Å². The molecule has 0 aliphatic heterocycles. The zero-order valence-electron chi connectivity index (χ0n) is 15.2. The van der Waals surface area contributed by atoms with E-state index >= 15 is 0 Å². The van der Waals surface area contributed by atoms with Crippen LogP contribution in [-0.4, -0.2) is 30.6 Å². The lowest BCUT2D eigenvalue weighted by Gasteiger charge is -2.37. The smallest absolute Gasteiger partial charge is 0.123 e. The van der Waals surface area contributed by atoms with Gasteiger partial charge >= 0.3 is 0 Å². The summed E-state index contributed by atoms with van der Waals surface area (Å²) >= 11 is 0. The molecule has 3 heteroatoms. The van der Waals surface area contributed by atoms with Crippen molar-refractivity contribution in [1.29, 1.82) is 0 Å². The number of hydrogen-bond acceptors (Lipinski definition) is 2. The zero-order valence-corrected chi connectivity index (χ0v) is 15.2. The summed E-state index contributed by atoms with van der Waals surface area (Å²) in [4.78, 5) is 2.24. The topological polar surface area (TPSA) is 23.5 Å². The Morgan fingerprint density at radius 3 is 2.72 bits per heavy atom. The van der Waals surface area contributed by atoms with Crippen LogP contribution in [0.25, 0.3) is 0 Å². The van der Waals surface area contributed by atoms with E-state index in [1.165, 1.54) is 17.2 Å². The highest BCUT2D eigenvalue weighted by molar-refractivity contribution is 5.52. The number of rotatable bonds is 2. The van der Waals surface area contributed by atoms with Crippen LogP contribution in [0.5, 0.6) is 0 Å². The van der Waals surface area contributed by atoms with E-state index in [9.17, 15) is 9.50 Å². The van der Waals surface area contributed by atoms with E-state index in [4.69, 9.17) is 0 Å². The Kier molecular flexibility index (Phi) is 3.97. The molecule has 2 nitrogen and oxygen atoms in total. The van der Waals surface area contributed by atoms with Crippen LogP contribution in [0.15, 0.2) is 36.4 Å². The van der Waals surface area contributed by atoms with Gasteiger partial charge in [-0.05, 0) is 92.1 Å². The molecule has 0 bridgehead atoms. The van der Waals surface area contributed by atoms with Gasteiger partial charge in [-0.1, -0.05) is 24.3 Å². The normalized spacial score (nSPS) is 27.6. The molecule has 0 heterocycles. The van der Waals surface area contributed by atoms with Crippen molar-refractivity contribution in [2.45, 2.75) is 37.7 Å². The molecule has 2 aliphatic carbocycles. The van der Waals surface area contributed by atoms with Crippen LogP contribution in [-0.2, 0) is 18.4 Å². The average molecular weight is 339 g/mol. The Balaban J connectivity index is 1.94. The average Bonchev–Trinajstić information content (AvgIpc) is 2.64. The summed E-state index contributed by atoms with van der Waals surface area (Å²) in [6.07, 6.45) is 3.00. The van der Waals surface area contributed by atoms with Crippen molar-refractivity contribution in [3.8, 4) is 0 Å². The Bertz CT molecular complexity index is 812. The first-order valence-corrected chi connectivity index (χ1v) is 9.16. The fraction of sp³-hybridized carbons (Fsp3) is 0.455. The van der Waals surface area contributed by atoms with Gasteiger partial charge in [0.15, 0.2) is 0 Å². The summed E-state index contributed by atoms with van der Waals surface area (Å²) in [6.45, 7) is 2.88. The molecule has 2 aromatic carbocycles. The maximum Gasteiger partial charge on any atom is 0.123 e. The van der Waals surface area contributed by atoms with Gasteiger partial charge in [0.05, 0.1) is 0 Å². The van der Waals surface area contributed by atoms with E-state index in [1.54, 1.807) is 12.1 Å². The predicted octanol–water partition coefficient (Wildman–Crippen LogP) is 3.85. The third kappa shape index (κ3) is 2.70. The molecular formula is C22H26FNO. The minimum absolute atomic E-state index is 0.222. The number of hydrogen-bond donors (Lipinski definition) is 1. The molecule has 0 aromatic heterocycles. The lowest BCUT2D eigenvalue weighted by molar-refractivity contribution is 0.101. The van der Waals surface area contributed by atoms with Crippen molar-refractivity contribution in [2.24, 2.45) is 5.92 Å². The van der Waals surface area contributed by atoms with Crippen molar-refractivity contribution in [2.75, 3.05) is 20.6 Å². The lowest BCUT2D eigenvalue weighted by atomic mass is 9.71. The highest BCUT2D eigenvalue weighted by Crippen LogP contribution is 2.48. The SMILES string of the molecule is CN(C)CC1CCc2cccc3c2C1Cc1cc(F)ccc1C3(C)O. The Labute approximate surface area is 149 Å². The molecule has 132 valence electrons. The summed E-state index contributed by atoms with van der Waals surface area (Å²) in [5.41, 5.74) is 4.38. The molecule has 25 heavy (non-hydrogen) atoms. The van der Waals surface area contributed by atoms with Gasteiger partial charge in [0.1, 0.15) is 11.4 Å². The molecular weight excluding hydrogens is 313 g/mol. The number of benzene rings is 2. The van der Waals surface area contributed by atoms with Crippen LogP contribution in [0.4, 0.5) is 4.39 Å². The highest BCUT2D eigenvalue weighted by atomic mass is 19.1. The van der Waals surface area contributed by atoms with Gasteiger partial charge in [0.25, 0.3) is 0 Å². The number of fused-ring (bicyclic) bond motifs is 1. The van der Waals surface area contributed by atoms with Crippen molar-refractivity contribution in [3.05, 3.63) is 70.0 Å². The van der Waals surface area contributed by atoms with Crippen molar-refractivity contribution in [3.63, 3.8) is 0 Å². The molecule has 3 unspecified atom stereocenters. The molecule has 0 spiro atoms. The third-order valence-corrected chi connectivity index (χ3v) is 6.08. The van der Waals surface area contributed by atoms with Gasteiger partial charge < -0.3 is 10.0 Å². The van der Waals surface area contributed by atoms with E-state index in [0.717, 1.165) is 42.5 Å². The molecule has 0 fully saturated rings. The molecule has 0 amide bonds. The Morgan fingerprint density at radius 1 is 1.16 bits per heavy atom. The van der Waals surface area contributed by atoms with Crippen LogP contribution < -0.4 is 0 Å². The van der Waals surface area contributed by atoms with Crippen molar-refractivity contribution >= 4 is 0 Å². The molecule has 0 saturated heterocycles. The molecule has 1 N–H and O–H groups in total. The van der Waals surface area contributed by atoms with Gasteiger partial charge in [0.2, 0.25) is 0 Å². The monoisotopic (exact) mass is 339 g/mol. The first kappa shape index (κ1) is 16.7. The number of halogens is 1. The zero-order chi connectivity index (χ0) is 17.8. The first-order valence-electron chi connectivity index (χ1n) is 9.16. The summed E-state index contributed by atoms with van der Waals surface area (Å²) in [5, 5.41) is 11.4.